The van der Waals surface area contributed by atoms with Crippen molar-refractivity contribution in [3.63, 3.8) is 0 Å². The summed E-state index contributed by atoms with van der Waals surface area (Å²) in [4.78, 5) is 38.3. The van der Waals surface area contributed by atoms with Gasteiger partial charge in [-0.1, -0.05) is 17.4 Å². The molecule has 0 aliphatic heterocycles. The third-order valence-electron chi connectivity index (χ3n) is 4.03. The lowest BCUT2D eigenvalue weighted by Gasteiger charge is -2.14. The predicted molar refractivity (Wildman–Crippen MR) is 131 cm³/mol. The topological polar surface area (TPSA) is 120 Å². The molecule has 0 aliphatic rings. The summed E-state index contributed by atoms with van der Waals surface area (Å²) in [5, 5.41) is 15.1. The van der Waals surface area contributed by atoms with Crippen molar-refractivity contribution >= 4 is 64.8 Å². The number of nitrogens with zero attached hydrogens (tertiary/aromatic N) is 4. The van der Waals surface area contributed by atoms with Gasteiger partial charge in [0, 0.05) is 26.0 Å². The van der Waals surface area contributed by atoms with E-state index in [1.54, 1.807) is 24.3 Å². The third kappa shape index (κ3) is 7.95. The largest absolute Gasteiger partial charge is 0.481 e. The average molecular weight is 499 g/mol. The van der Waals surface area contributed by atoms with Crippen molar-refractivity contribution in [1.82, 2.24) is 20.3 Å². The number of halogens is 2. The van der Waals surface area contributed by atoms with Gasteiger partial charge in [0.05, 0.1) is 23.5 Å². The SMILES string of the molecule is Cc1ccnc(Nc2cccc(-c3cnc(N(C)CC(=O)NCCC(=O)O)s3)n2)c1.Cl.Cl. The van der Waals surface area contributed by atoms with Gasteiger partial charge >= 0.3 is 5.97 Å². The van der Waals surface area contributed by atoms with E-state index in [0.717, 1.165) is 22.0 Å². The van der Waals surface area contributed by atoms with E-state index in [-0.39, 0.29) is 50.2 Å². The number of thiazole rings is 1. The summed E-state index contributed by atoms with van der Waals surface area (Å²) >= 11 is 1.42. The number of carbonyl (C=O) groups excluding carboxylic acids is 1. The van der Waals surface area contributed by atoms with Crippen molar-refractivity contribution < 1.29 is 14.7 Å². The van der Waals surface area contributed by atoms with Gasteiger partial charge in [-0.25, -0.2) is 15.0 Å². The Morgan fingerprint density at radius 2 is 1.94 bits per heavy atom. The molecule has 3 N–H and O–H groups in total. The molecular weight excluding hydrogens is 475 g/mol. The lowest BCUT2D eigenvalue weighted by molar-refractivity contribution is -0.136. The van der Waals surface area contributed by atoms with Crippen molar-refractivity contribution in [2.45, 2.75) is 13.3 Å². The van der Waals surface area contributed by atoms with Crippen LogP contribution >= 0.6 is 36.2 Å². The van der Waals surface area contributed by atoms with E-state index in [1.165, 1.54) is 11.3 Å². The molecule has 0 bridgehead atoms. The molecule has 0 saturated heterocycles. The van der Waals surface area contributed by atoms with Crippen LogP contribution in [0.1, 0.15) is 12.0 Å². The summed E-state index contributed by atoms with van der Waals surface area (Å²) in [5.74, 6) is 0.186. The smallest absolute Gasteiger partial charge is 0.305 e. The molecule has 0 saturated carbocycles. The van der Waals surface area contributed by atoms with Crippen LogP contribution in [-0.4, -0.2) is 52.1 Å². The molecule has 1 amide bonds. The number of aliphatic carboxylic acids is 1. The molecule has 3 aromatic heterocycles. The number of hydrogen-bond acceptors (Lipinski definition) is 8. The van der Waals surface area contributed by atoms with E-state index in [2.05, 4.69) is 25.6 Å². The first-order chi connectivity index (χ1) is 14.4. The minimum atomic E-state index is -0.948. The standard InChI is InChI=1S/C20H22N6O3S.2ClH/c1-13-6-8-21-17(10-13)25-16-5-3-4-14(24-16)15-11-23-20(30-15)26(2)12-18(27)22-9-7-19(28)29;;/h3-6,8,10-11H,7,9,12H2,1-2H3,(H,22,27)(H,28,29)(H,21,24,25);2*1H. The Balaban J connectivity index is 0.00000256. The fourth-order valence-electron chi connectivity index (χ4n) is 2.58. The number of rotatable bonds is 9. The van der Waals surface area contributed by atoms with Gasteiger partial charge in [0.2, 0.25) is 5.91 Å². The number of likely N-dealkylation sites (N-methyl/N-ethyl adjacent to an activating group) is 1. The fourth-order valence-corrected chi connectivity index (χ4v) is 3.43. The fraction of sp³-hybridized carbons (Fsp3) is 0.250. The lowest BCUT2D eigenvalue weighted by atomic mass is 10.3. The molecule has 0 unspecified atom stereocenters. The van der Waals surface area contributed by atoms with Crippen LogP contribution in [0.15, 0.2) is 42.7 Å². The monoisotopic (exact) mass is 498 g/mol. The van der Waals surface area contributed by atoms with Gasteiger partial charge in [-0.05, 0) is 36.8 Å². The van der Waals surface area contributed by atoms with Crippen molar-refractivity contribution in [2.75, 3.05) is 30.4 Å². The number of carboxylic acid groups (broad SMARTS) is 1. The predicted octanol–water partition coefficient (Wildman–Crippen LogP) is 3.52. The number of hydrogen-bond donors (Lipinski definition) is 3. The van der Waals surface area contributed by atoms with E-state index in [4.69, 9.17) is 5.11 Å². The normalized spacial score (nSPS) is 9.81. The second kappa shape index (κ2) is 12.8. The maximum atomic E-state index is 11.9. The van der Waals surface area contributed by atoms with Gasteiger partial charge in [0.1, 0.15) is 11.6 Å². The van der Waals surface area contributed by atoms with Crippen LogP contribution in [0.2, 0.25) is 0 Å². The van der Waals surface area contributed by atoms with Crippen LogP contribution in [0.5, 0.6) is 0 Å². The van der Waals surface area contributed by atoms with Gasteiger partial charge in [-0.3, -0.25) is 9.59 Å². The van der Waals surface area contributed by atoms with Crippen molar-refractivity contribution in [3.8, 4) is 10.6 Å². The Morgan fingerprint density at radius 1 is 1.16 bits per heavy atom. The molecule has 3 aromatic rings. The highest BCUT2D eigenvalue weighted by molar-refractivity contribution is 7.18. The van der Waals surface area contributed by atoms with Crippen LogP contribution in [0.25, 0.3) is 10.6 Å². The number of anilines is 3. The molecule has 172 valence electrons. The first-order valence-corrected chi connectivity index (χ1v) is 10.0. The van der Waals surface area contributed by atoms with E-state index in [1.807, 2.05) is 37.3 Å². The summed E-state index contributed by atoms with van der Waals surface area (Å²) in [7, 11) is 1.76. The highest BCUT2D eigenvalue weighted by atomic mass is 35.5. The summed E-state index contributed by atoms with van der Waals surface area (Å²) in [5.41, 5.74) is 1.86. The molecule has 9 nitrogen and oxygen atoms in total. The van der Waals surface area contributed by atoms with Crippen LogP contribution in [0.3, 0.4) is 0 Å². The quantitative estimate of drug-likeness (QED) is 0.409. The number of aromatic nitrogens is 3. The molecule has 0 aliphatic carbocycles. The first-order valence-electron chi connectivity index (χ1n) is 9.23. The summed E-state index contributed by atoms with van der Waals surface area (Å²) < 4.78 is 0. The zero-order chi connectivity index (χ0) is 21.5. The Morgan fingerprint density at radius 3 is 2.66 bits per heavy atom. The number of pyridine rings is 2. The lowest BCUT2D eigenvalue weighted by Crippen LogP contribution is -2.36. The summed E-state index contributed by atoms with van der Waals surface area (Å²) in [6.07, 6.45) is 3.35. The van der Waals surface area contributed by atoms with Crippen LogP contribution in [0.4, 0.5) is 16.8 Å². The van der Waals surface area contributed by atoms with Crippen LogP contribution in [-0.2, 0) is 9.59 Å². The Kier molecular flexibility index (Phi) is 10.8. The van der Waals surface area contributed by atoms with Crippen molar-refractivity contribution in [1.29, 1.82) is 0 Å². The first kappa shape index (κ1) is 27.1. The van der Waals surface area contributed by atoms with E-state index >= 15 is 0 Å². The Labute approximate surface area is 202 Å². The third-order valence-corrected chi connectivity index (χ3v) is 5.17. The molecule has 0 radical (unpaired) electrons. The van der Waals surface area contributed by atoms with Gasteiger partial charge in [-0.2, -0.15) is 0 Å². The van der Waals surface area contributed by atoms with Crippen molar-refractivity contribution in [3.05, 3.63) is 48.3 Å². The second-order valence-electron chi connectivity index (χ2n) is 6.61. The van der Waals surface area contributed by atoms with Gasteiger partial charge in [0.25, 0.3) is 0 Å². The van der Waals surface area contributed by atoms with Gasteiger partial charge in [-0.15, -0.1) is 24.8 Å². The maximum absolute atomic E-state index is 11.9. The number of carbonyl (C=O) groups is 2. The number of aryl methyl sites for hydroxylation is 1. The highest BCUT2D eigenvalue weighted by Crippen LogP contribution is 2.30. The van der Waals surface area contributed by atoms with E-state index in [9.17, 15) is 9.59 Å². The maximum Gasteiger partial charge on any atom is 0.305 e. The Bertz CT molecular complexity index is 1050. The number of carboxylic acids is 1. The van der Waals surface area contributed by atoms with Crippen molar-refractivity contribution in [2.24, 2.45) is 0 Å². The van der Waals surface area contributed by atoms with E-state index in [0.29, 0.717) is 10.9 Å². The molecule has 0 fully saturated rings. The second-order valence-corrected chi connectivity index (χ2v) is 7.62. The zero-order valence-corrected chi connectivity index (χ0v) is 19.9. The molecule has 0 spiro atoms. The van der Waals surface area contributed by atoms with E-state index < -0.39 is 5.97 Å². The Hall–Kier alpha value is -2.95. The minimum absolute atomic E-state index is 0. The molecule has 32 heavy (non-hydrogen) atoms. The van der Waals surface area contributed by atoms with Gasteiger partial charge in [0.15, 0.2) is 5.13 Å². The average Bonchev–Trinajstić information content (AvgIpc) is 3.18. The number of nitrogens with one attached hydrogen (secondary N) is 2. The van der Waals surface area contributed by atoms with Gasteiger partial charge < -0.3 is 20.6 Å². The minimum Gasteiger partial charge on any atom is -0.481 e. The highest BCUT2D eigenvalue weighted by Gasteiger charge is 2.13. The molecule has 0 atom stereocenters. The molecule has 3 rings (SSSR count). The number of amides is 1. The zero-order valence-electron chi connectivity index (χ0n) is 17.4. The van der Waals surface area contributed by atoms with Crippen LogP contribution < -0.4 is 15.5 Å². The molecular formula is C20H24Cl2N6O3S. The molecule has 12 heteroatoms. The molecule has 3 heterocycles. The summed E-state index contributed by atoms with van der Waals surface area (Å²) in [6.45, 7) is 2.18. The van der Waals surface area contributed by atoms with Crippen LogP contribution in [0, 0.1) is 6.92 Å². The molecule has 0 aromatic carbocycles. The summed E-state index contributed by atoms with van der Waals surface area (Å²) in [6, 6.07) is 9.53.